The molecule has 5 nitrogen and oxygen atoms in total. The quantitative estimate of drug-likeness (QED) is 0.403. The molecular weight excluding hydrogens is 372 g/mol. The maximum atomic E-state index is 12.3. The molecule has 146 valence electrons. The van der Waals surface area contributed by atoms with E-state index in [-0.39, 0.29) is 21.8 Å². The molecule has 6 heteroatoms. The number of non-ortho nitro benzene ring substituents is 1. The van der Waals surface area contributed by atoms with Crippen molar-refractivity contribution in [2.45, 2.75) is 49.2 Å². The molecule has 2 aromatic rings. The highest BCUT2D eigenvalue weighted by Gasteiger charge is 2.38. The van der Waals surface area contributed by atoms with Gasteiger partial charge in [0.15, 0.2) is 0 Å². The van der Waals surface area contributed by atoms with Crippen LogP contribution in [0.1, 0.15) is 45.2 Å². The van der Waals surface area contributed by atoms with Crippen molar-refractivity contribution in [3.8, 4) is 0 Å². The Labute approximate surface area is 169 Å². The fourth-order valence-corrected chi connectivity index (χ4v) is 5.39. The molecule has 1 aliphatic rings. The molecule has 0 bridgehead atoms. The Hall–Kier alpha value is -2.60. The molecule has 1 N–H and O–H groups in total. The van der Waals surface area contributed by atoms with Gasteiger partial charge >= 0.3 is 0 Å². The lowest BCUT2D eigenvalue weighted by Crippen LogP contribution is -2.33. The summed E-state index contributed by atoms with van der Waals surface area (Å²) in [5, 5.41) is 13.6. The number of thioether (sulfide) groups is 1. The largest absolute Gasteiger partial charge is 0.323 e. The maximum Gasteiger partial charge on any atom is 0.269 e. The first-order valence-electron chi connectivity index (χ1n) is 9.13. The summed E-state index contributed by atoms with van der Waals surface area (Å²) >= 11 is 1.88. The minimum Gasteiger partial charge on any atom is -0.323 e. The Kier molecular flexibility index (Phi) is 5.35. The van der Waals surface area contributed by atoms with E-state index in [1.54, 1.807) is 18.2 Å². The van der Waals surface area contributed by atoms with Crippen LogP contribution < -0.4 is 5.32 Å². The summed E-state index contributed by atoms with van der Waals surface area (Å²) in [6, 6.07) is 12.1. The number of anilines is 1. The molecule has 0 atom stereocenters. The zero-order chi connectivity index (χ0) is 20.5. The number of hydrogen-bond acceptors (Lipinski definition) is 4. The van der Waals surface area contributed by atoms with Crippen LogP contribution in [0.3, 0.4) is 0 Å². The molecule has 0 saturated carbocycles. The number of carbonyl (C=O) groups excluding carboxylic acids is 1. The fourth-order valence-electron chi connectivity index (χ4n) is 3.78. The van der Waals surface area contributed by atoms with E-state index in [0.717, 1.165) is 17.7 Å². The van der Waals surface area contributed by atoms with Crippen molar-refractivity contribution in [1.29, 1.82) is 0 Å². The monoisotopic (exact) mass is 396 g/mol. The van der Waals surface area contributed by atoms with Gasteiger partial charge in [-0.3, -0.25) is 14.9 Å². The molecule has 0 saturated heterocycles. The van der Waals surface area contributed by atoms with Gasteiger partial charge in [-0.05, 0) is 59.4 Å². The highest BCUT2D eigenvalue weighted by molar-refractivity contribution is 8.00. The second kappa shape index (κ2) is 7.43. The molecule has 0 aliphatic carbocycles. The van der Waals surface area contributed by atoms with E-state index >= 15 is 0 Å². The van der Waals surface area contributed by atoms with Gasteiger partial charge in [-0.2, -0.15) is 0 Å². The number of amides is 1. The Balaban J connectivity index is 1.72. The summed E-state index contributed by atoms with van der Waals surface area (Å²) in [4.78, 5) is 23.8. The second-order valence-corrected chi connectivity index (χ2v) is 10.1. The third-order valence-electron chi connectivity index (χ3n) is 4.76. The highest BCUT2D eigenvalue weighted by atomic mass is 32.2. The number of rotatable bonds is 4. The van der Waals surface area contributed by atoms with E-state index in [1.807, 2.05) is 17.8 Å². The minimum absolute atomic E-state index is 0.0272. The van der Waals surface area contributed by atoms with E-state index < -0.39 is 4.92 Å². The van der Waals surface area contributed by atoms with Gasteiger partial charge in [0.1, 0.15) is 0 Å². The molecular formula is C22H24N2O3S. The SMILES string of the molecule is CC1(C)CC(C)(C)c2cc(NC(=O)/C=C/c3ccc([N+](=O)[O-])cc3)ccc2S1. The van der Waals surface area contributed by atoms with Gasteiger partial charge in [0, 0.05) is 33.5 Å². The van der Waals surface area contributed by atoms with Crippen LogP contribution in [-0.2, 0) is 10.2 Å². The number of nitrogens with zero attached hydrogens (tertiary/aromatic N) is 1. The van der Waals surface area contributed by atoms with Crippen molar-refractivity contribution < 1.29 is 9.72 Å². The van der Waals surface area contributed by atoms with Crippen LogP contribution in [0, 0.1) is 10.1 Å². The topological polar surface area (TPSA) is 72.2 Å². The first-order valence-corrected chi connectivity index (χ1v) is 9.94. The average Bonchev–Trinajstić information content (AvgIpc) is 2.59. The fraction of sp³-hybridized carbons (Fsp3) is 0.318. The van der Waals surface area contributed by atoms with Crippen molar-refractivity contribution in [2.75, 3.05) is 5.32 Å². The molecule has 0 unspecified atom stereocenters. The summed E-state index contributed by atoms with van der Waals surface area (Å²) in [6.45, 7) is 9.02. The predicted octanol–water partition coefficient (Wildman–Crippen LogP) is 5.80. The number of nitrogens with one attached hydrogen (secondary N) is 1. The Bertz CT molecular complexity index is 947. The standard InChI is InChI=1S/C22H24N2O3S/c1-21(2)14-22(3,4)28-19-11-8-16(13-18(19)21)23-20(25)12-7-15-5-9-17(10-6-15)24(26)27/h5-13H,14H2,1-4H3,(H,23,25)/b12-7+. The summed E-state index contributed by atoms with van der Waals surface area (Å²) in [6.07, 6.45) is 4.14. The molecule has 0 radical (unpaired) electrons. The summed E-state index contributed by atoms with van der Waals surface area (Å²) in [5.74, 6) is -0.236. The average molecular weight is 397 g/mol. The molecule has 2 aromatic carbocycles. The zero-order valence-electron chi connectivity index (χ0n) is 16.5. The van der Waals surface area contributed by atoms with Crippen molar-refractivity contribution in [3.63, 3.8) is 0 Å². The predicted molar refractivity (Wildman–Crippen MR) is 115 cm³/mol. The molecule has 0 spiro atoms. The number of carbonyl (C=O) groups is 1. The third-order valence-corrected chi connectivity index (χ3v) is 6.03. The van der Waals surface area contributed by atoms with Gasteiger partial charge in [0.2, 0.25) is 5.91 Å². The van der Waals surface area contributed by atoms with Gasteiger partial charge in [0.05, 0.1) is 4.92 Å². The van der Waals surface area contributed by atoms with Crippen LogP contribution in [0.4, 0.5) is 11.4 Å². The Morgan fingerprint density at radius 1 is 1.14 bits per heavy atom. The van der Waals surface area contributed by atoms with Crippen molar-refractivity contribution >= 4 is 35.1 Å². The third kappa shape index (κ3) is 4.62. The van der Waals surface area contributed by atoms with Crippen LogP contribution in [0.2, 0.25) is 0 Å². The number of fused-ring (bicyclic) bond motifs is 1. The van der Waals surface area contributed by atoms with Crippen LogP contribution in [0.15, 0.2) is 53.4 Å². The van der Waals surface area contributed by atoms with Crippen molar-refractivity contribution in [1.82, 2.24) is 0 Å². The van der Waals surface area contributed by atoms with Gasteiger partial charge in [-0.25, -0.2) is 0 Å². The molecule has 28 heavy (non-hydrogen) atoms. The van der Waals surface area contributed by atoms with Crippen LogP contribution in [0.25, 0.3) is 6.08 Å². The number of benzene rings is 2. The minimum atomic E-state index is -0.447. The lowest BCUT2D eigenvalue weighted by Gasteiger charge is -2.41. The molecule has 3 rings (SSSR count). The van der Waals surface area contributed by atoms with Crippen LogP contribution >= 0.6 is 11.8 Å². The highest BCUT2D eigenvalue weighted by Crippen LogP contribution is 2.51. The molecule has 0 aromatic heterocycles. The molecule has 1 aliphatic heterocycles. The van der Waals surface area contributed by atoms with Crippen LogP contribution in [0.5, 0.6) is 0 Å². The van der Waals surface area contributed by atoms with E-state index in [9.17, 15) is 14.9 Å². The number of nitro benzene ring substituents is 1. The van der Waals surface area contributed by atoms with Crippen molar-refractivity contribution in [3.05, 3.63) is 69.8 Å². The molecule has 0 fully saturated rings. The number of hydrogen-bond donors (Lipinski definition) is 1. The maximum absolute atomic E-state index is 12.3. The second-order valence-electron chi connectivity index (χ2n) is 8.30. The summed E-state index contributed by atoms with van der Waals surface area (Å²) in [7, 11) is 0. The molecule has 1 heterocycles. The smallest absolute Gasteiger partial charge is 0.269 e. The summed E-state index contributed by atoms with van der Waals surface area (Å²) in [5.41, 5.74) is 2.82. The lowest BCUT2D eigenvalue weighted by molar-refractivity contribution is -0.384. The van der Waals surface area contributed by atoms with Gasteiger partial charge in [0.25, 0.3) is 5.69 Å². The van der Waals surface area contributed by atoms with E-state index in [1.165, 1.54) is 28.7 Å². The zero-order valence-corrected chi connectivity index (χ0v) is 17.3. The normalized spacial score (nSPS) is 17.1. The van der Waals surface area contributed by atoms with Gasteiger partial charge < -0.3 is 5.32 Å². The first kappa shape index (κ1) is 20.1. The van der Waals surface area contributed by atoms with E-state index in [4.69, 9.17) is 0 Å². The summed E-state index contributed by atoms with van der Waals surface area (Å²) < 4.78 is 0.189. The Morgan fingerprint density at radius 3 is 2.46 bits per heavy atom. The van der Waals surface area contributed by atoms with Crippen LogP contribution in [-0.4, -0.2) is 15.6 Å². The lowest BCUT2D eigenvalue weighted by atomic mass is 9.77. The van der Waals surface area contributed by atoms with E-state index in [0.29, 0.717) is 0 Å². The van der Waals surface area contributed by atoms with Gasteiger partial charge in [-0.15, -0.1) is 11.8 Å². The van der Waals surface area contributed by atoms with Gasteiger partial charge in [-0.1, -0.05) is 27.7 Å². The van der Waals surface area contributed by atoms with E-state index in [2.05, 4.69) is 45.1 Å². The molecule has 1 amide bonds. The first-order chi connectivity index (χ1) is 13.1. The van der Waals surface area contributed by atoms with Crippen molar-refractivity contribution in [2.24, 2.45) is 0 Å². The number of nitro groups is 1. The Morgan fingerprint density at radius 2 is 1.82 bits per heavy atom.